The molecule has 0 aliphatic heterocycles. The molecule has 0 heterocycles. The van der Waals surface area contributed by atoms with Crippen LogP contribution in [0, 0.1) is 13.8 Å². The van der Waals surface area contributed by atoms with Crippen LogP contribution in [0.4, 0.5) is 0 Å². The lowest BCUT2D eigenvalue weighted by atomic mass is 9.96. The number of ether oxygens (including phenoxy) is 1. The molecule has 3 heteroatoms. The molecule has 1 aromatic rings. The number of hydrogen-bond donors (Lipinski definition) is 2. The molecule has 0 saturated carbocycles. The molecule has 0 aliphatic carbocycles. The van der Waals surface area contributed by atoms with Crippen LogP contribution in [0.5, 0.6) is 5.75 Å². The summed E-state index contributed by atoms with van der Waals surface area (Å²) in [6.45, 7) is 12.8. The molecular weight excluding hydrogens is 238 g/mol. The number of rotatable bonds is 6. The molecule has 0 spiro atoms. The fourth-order valence-corrected chi connectivity index (χ4v) is 2.33. The van der Waals surface area contributed by atoms with Crippen molar-refractivity contribution < 1.29 is 9.84 Å². The molecule has 0 fully saturated rings. The Balaban J connectivity index is 2.97. The van der Waals surface area contributed by atoms with Crippen molar-refractivity contribution in [2.75, 3.05) is 6.61 Å². The first-order chi connectivity index (χ1) is 8.86. The van der Waals surface area contributed by atoms with E-state index in [0.29, 0.717) is 12.6 Å². The van der Waals surface area contributed by atoms with Gasteiger partial charge in [0.25, 0.3) is 0 Å². The van der Waals surface area contributed by atoms with E-state index in [2.05, 4.69) is 19.2 Å². The van der Waals surface area contributed by atoms with E-state index in [0.717, 1.165) is 22.4 Å². The Morgan fingerprint density at radius 2 is 1.79 bits per heavy atom. The van der Waals surface area contributed by atoms with Gasteiger partial charge in [-0.05, 0) is 56.5 Å². The molecule has 0 amide bonds. The topological polar surface area (TPSA) is 41.5 Å². The normalized spacial score (nSPS) is 14.5. The molecule has 0 saturated heterocycles. The number of benzene rings is 1. The average molecular weight is 265 g/mol. The van der Waals surface area contributed by atoms with Gasteiger partial charge in [0.15, 0.2) is 0 Å². The van der Waals surface area contributed by atoms with Crippen LogP contribution in [0.25, 0.3) is 0 Å². The maximum absolute atomic E-state index is 10.5. The Hall–Kier alpha value is -1.06. The molecule has 2 N–H and O–H groups in total. The minimum Gasteiger partial charge on any atom is -0.494 e. The highest BCUT2D eigenvalue weighted by Crippen LogP contribution is 2.28. The first kappa shape index (κ1) is 16.0. The van der Waals surface area contributed by atoms with Crippen LogP contribution in [0.2, 0.25) is 0 Å². The van der Waals surface area contributed by atoms with Crippen LogP contribution in [0.1, 0.15) is 50.5 Å². The fourth-order valence-electron chi connectivity index (χ4n) is 2.33. The number of hydrogen-bond acceptors (Lipinski definition) is 3. The number of aryl methyl sites for hydroxylation is 2. The molecule has 0 aliphatic rings. The lowest BCUT2D eigenvalue weighted by Gasteiger charge is -2.25. The van der Waals surface area contributed by atoms with Crippen LogP contribution >= 0.6 is 0 Å². The zero-order valence-electron chi connectivity index (χ0n) is 12.9. The summed E-state index contributed by atoms with van der Waals surface area (Å²) in [6.07, 6.45) is -0.503. The van der Waals surface area contributed by atoms with Gasteiger partial charge in [-0.1, -0.05) is 13.8 Å². The maximum Gasteiger partial charge on any atom is 0.122 e. The van der Waals surface area contributed by atoms with Crippen LogP contribution in [-0.4, -0.2) is 23.8 Å². The summed E-state index contributed by atoms with van der Waals surface area (Å²) in [4.78, 5) is 0. The third-order valence-electron chi connectivity index (χ3n) is 3.25. The van der Waals surface area contributed by atoms with Crippen molar-refractivity contribution in [2.45, 2.75) is 59.7 Å². The van der Waals surface area contributed by atoms with Crippen molar-refractivity contribution in [3.05, 3.63) is 28.8 Å². The van der Waals surface area contributed by atoms with E-state index in [1.165, 1.54) is 0 Å². The highest BCUT2D eigenvalue weighted by Gasteiger charge is 2.19. The Morgan fingerprint density at radius 3 is 2.32 bits per heavy atom. The van der Waals surface area contributed by atoms with Gasteiger partial charge < -0.3 is 15.2 Å². The lowest BCUT2D eigenvalue weighted by Crippen LogP contribution is -2.37. The summed E-state index contributed by atoms with van der Waals surface area (Å²) < 4.78 is 5.58. The molecule has 0 bridgehead atoms. The quantitative estimate of drug-likeness (QED) is 0.830. The van der Waals surface area contributed by atoms with Crippen molar-refractivity contribution >= 4 is 0 Å². The predicted octanol–water partition coefficient (Wildman–Crippen LogP) is 3.12. The summed E-state index contributed by atoms with van der Waals surface area (Å²) in [5.74, 6) is 0.903. The average Bonchev–Trinajstić information content (AvgIpc) is 2.32. The van der Waals surface area contributed by atoms with Crippen molar-refractivity contribution in [3.63, 3.8) is 0 Å². The third-order valence-corrected chi connectivity index (χ3v) is 3.25. The van der Waals surface area contributed by atoms with Gasteiger partial charge in [0.05, 0.1) is 12.7 Å². The first-order valence-corrected chi connectivity index (χ1v) is 7.04. The molecule has 1 aromatic carbocycles. The third kappa shape index (κ3) is 4.22. The van der Waals surface area contributed by atoms with E-state index in [9.17, 15) is 5.11 Å². The monoisotopic (exact) mass is 265 g/mol. The van der Waals surface area contributed by atoms with E-state index in [1.807, 2.05) is 39.8 Å². The summed E-state index contributed by atoms with van der Waals surface area (Å²) >= 11 is 0. The molecule has 2 atom stereocenters. The Morgan fingerprint density at radius 1 is 1.16 bits per heavy atom. The van der Waals surface area contributed by atoms with Crippen LogP contribution < -0.4 is 10.1 Å². The van der Waals surface area contributed by atoms with Gasteiger partial charge in [0, 0.05) is 12.1 Å². The van der Waals surface area contributed by atoms with E-state index in [1.54, 1.807) is 0 Å². The second-order valence-electron chi connectivity index (χ2n) is 5.46. The summed E-state index contributed by atoms with van der Waals surface area (Å²) in [6, 6.07) is 4.42. The molecule has 0 radical (unpaired) electrons. The van der Waals surface area contributed by atoms with Crippen molar-refractivity contribution in [3.8, 4) is 5.75 Å². The van der Waals surface area contributed by atoms with Crippen molar-refractivity contribution in [1.29, 1.82) is 0 Å². The molecule has 108 valence electrons. The number of nitrogens with one attached hydrogen (secondary N) is 1. The second-order valence-corrected chi connectivity index (χ2v) is 5.46. The van der Waals surface area contributed by atoms with Crippen molar-refractivity contribution in [1.82, 2.24) is 5.32 Å². The summed E-state index contributed by atoms with van der Waals surface area (Å²) in [5, 5.41) is 13.8. The van der Waals surface area contributed by atoms with Gasteiger partial charge in [-0.3, -0.25) is 0 Å². The smallest absolute Gasteiger partial charge is 0.122 e. The van der Waals surface area contributed by atoms with Crippen LogP contribution in [0.15, 0.2) is 12.1 Å². The van der Waals surface area contributed by atoms with Gasteiger partial charge in [-0.2, -0.15) is 0 Å². The second kappa shape index (κ2) is 6.92. The minimum atomic E-state index is -0.503. The van der Waals surface area contributed by atoms with Crippen LogP contribution in [-0.2, 0) is 0 Å². The van der Waals surface area contributed by atoms with Crippen molar-refractivity contribution in [2.24, 2.45) is 0 Å². The van der Waals surface area contributed by atoms with Gasteiger partial charge in [0.1, 0.15) is 5.75 Å². The molecular formula is C16H27NO2. The van der Waals surface area contributed by atoms with Gasteiger partial charge in [0.2, 0.25) is 0 Å². The van der Waals surface area contributed by atoms with E-state index >= 15 is 0 Å². The standard InChI is InChI=1S/C16H27NO2/c1-7-19-15-9-11(4)14(8-12(15)5)16(18)13(6)17-10(2)3/h8-10,13,16-18H,7H2,1-6H3. The predicted molar refractivity (Wildman–Crippen MR) is 79.8 cm³/mol. The maximum atomic E-state index is 10.5. The van der Waals surface area contributed by atoms with E-state index in [-0.39, 0.29) is 6.04 Å². The largest absolute Gasteiger partial charge is 0.494 e. The Labute approximate surface area is 117 Å². The molecule has 1 rings (SSSR count). The van der Waals surface area contributed by atoms with E-state index < -0.39 is 6.10 Å². The number of aliphatic hydroxyl groups is 1. The Bertz CT molecular complexity index is 415. The lowest BCUT2D eigenvalue weighted by molar-refractivity contribution is 0.131. The summed E-state index contributed by atoms with van der Waals surface area (Å²) in [5.41, 5.74) is 3.11. The first-order valence-electron chi connectivity index (χ1n) is 7.04. The number of aliphatic hydroxyl groups excluding tert-OH is 1. The molecule has 19 heavy (non-hydrogen) atoms. The zero-order valence-corrected chi connectivity index (χ0v) is 12.9. The highest BCUT2D eigenvalue weighted by molar-refractivity contribution is 5.42. The molecule has 0 aromatic heterocycles. The highest BCUT2D eigenvalue weighted by atomic mass is 16.5. The fraction of sp³-hybridized carbons (Fsp3) is 0.625. The summed E-state index contributed by atoms with van der Waals surface area (Å²) in [7, 11) is 0. The molecule has 2 unspecified atom stereocenters. The molecule has 3 nitrogen and oxygen atoms in total. The Kier molecular flexibility index (Phi) is 5.83. The van der Waals surface area contributed by atoms with E-state index in [4.69, 9.17) is 4.74 Å². The minimum absolute atomic E-state index is 0.0241. The SMILES string of the molecule is CCOc1cc(C)c(C(O)C(C)NC(C)C)cc1C. The van der Waals surface area contributed by atoms with Gasteiger partial charge in [-0.15, -0.1) is 0 Å². The van der Waals surface area contributed by atoms with Crippen LogP contribution in [0.3, 0.4) is 0 Å². The zero-order chi connectivity index (χ0) is 14.6. The van der Waals surface area contributed by atoms with Gasteiger partial charge in [-0.25, -0.2) is 0 Å². The van der Waals surface area contributed by atoms with Gasteiger partial charge >= 0.3 is 0 Å².